The molecule has 2 nitrogen and oxygen atoms in total. The number of anilines is 2. The van der Waals surface area contributed by atoms with Crippen molar-refractivity contribution in [3.63, 3.8) is 0 Å². The Morgan fingerprint density at radius 3 is 2.69 bits per heavy atom. The number of nitrogens with one attached hydrogen (secondary N) is 1. The minimum absolute atomic E-state index is 1.04. The van der Waals surface area contributed by atoms with Gasteiger partial charge < -0.3 is 5.32 Å². The maximum absolute atomic E-state index is 4.65. The number of rotatable bonds is 2. The van der Waals surface area contributed by atoms with Crippen molar-refractivity contribution in [2.24, 2.45) is 0 Å². The normalized spacial score (nSPS) is 14.5. The molecule has 0 radical (unpaired) electrons. The summed E-state index contributed by atoms with van der Waals surface area (Å²) in [6, 6.07) is 10.2. The van der Waals surface area contributed by atoms with Crippen LogP contribution in [0.25, 0.3) is 0 Å². The van der Waals surface area contributed by atoms with Crippen molar-refractivity contribution in [2.75, 3.05) is 5.32 Å². The van der Waals surface area contributed by atoms with Crippen LogP contribution in [0, 0.1) is 0 Å². The minimum Gasteiger partial charge on any atom is -0.332 e. The molecule has 0 bridgehead atoms. The highest BCUT2D eigenvalue weighted by molar-refractivity contribution is 7.15. The first kappa shape index (κ1) is 9.85. The van der Waals surface area contributed by atoms with E-state index in [4.69, 9.17) is 0 Å². The molecule has 2 aromatic rings. The second-order valence-corrected chi connectivity index (χ2v) is 5.17. The Labute approximate surface area is 99.4 Å². The van der Waals surface area contributed by atoms with Crippen LogP contribution in [0.2, 0.25) is 0 Å². The molecule has 0 atom stereocenters. The molecule has 82 valence electrons. The highest BCUT2D eigenvalue weighted by Gasteiger charge is 2.14. The summed E-state index contributed by atoms with van der Waals surface area (Å²) in [5.74, 6) is 0. The van der Waals surface area contributed by atoms with E-state index in [0.29, 0.717) is 0 Å². The van der Waals surface area contributed by atoms with Crippen LogP contribution in [0.1, 0.15) is 23.4 Å². The van der Waals surface area contributed by atoms with Crippen molar-refractivity contribution < 1.29 is 0 Å². The first-order valence-electron chi connectivity index (χ1n) is 5.72. The largest absolute Gasteiger partial charge is 0.332 e. The fraction of sp³-hybridized carbons (Fsp3) is 0.308. The summed E-state index contributed by atoms with van der Waals surface area (Å²) in [7, 11) is 0. The average Bonchev–Trinajstić information content (AvgIpc) is 2.72. The van der Waals surface area contributed by atoms with Crippen molar-refractivity contribution >= 4 is 22.2 Å². The third-order valence-corrected chi connectivity index (χ3v) is 3.94. The molecule has 0 saturated carbocycles. The molecule has 0 saturated heterocycles. The summed E-state index contributed by atoms with van der Waals surface area (Å²) in [4.78, 5) is 6.13. The van der Waals surface area contributed by atoms with E-state index < -0.39 is 0 Å². The summed E-state index contributed by atoms with van der Waals surface area (Å²) in [6.45, 7) is 0. The van der Waals surface area contributed by atoms with E-state index in [9.17, 15) is 0 Å². The lowest BCUT2D eigenvalue weighted by molar-refractivity contribution is 0.683. The molecule has 3 rings (SSSR count). The molecule has 0 amide bonds. The molecule has 1 aliphatic carbocycles. The van der Waals surface area contributed by atoms with Crippen LogP contribution in [-0.4, -0.2) is 4.98 Å². The van der Waals surface area contributed by atoms with Crippen LogP contribution in [0.15, 0.2) is 30.3 Å². The predicted octanol–water partition coefficient (Wildman–Crippen LogP) is 3.77. The van der Waals surface area contributed by atoms with Gasteiger partial charge in [-0.1, -0.05) is 18.2 Å². The fourth-order valence-electron chi connectivity index (χ4n) is 2.05. The lowest BCUT2D eigenvalue weighted by atomic mass is 10.0. The Balaban J connectivity index is 1.83. The molecule has 16 heavy (non-hydrogen) atoms. The van der Waals surface area contributed by atoms with Crippen LogP contribution in [0.5, 0.6) is 0 Å². The van der Waals surface area contributed by atoms with Gasteiger partial charge in [0.1, 0.15) is 0 Å². The van der Waals surface area contributed by atoms with E-state index in [-0.39, 0.29) is 0 Å². The van der Waals surface area contributed by atoms with E-state index in [0.717, 1.165) is 17.2 Å². The Bertz CT molecular complexity index is 452. The molecule has 0 aliphatic heterocycles. The van der Waals surface area contributed by atoms with Gasteiger partial charge in [0.05, 0.1) is 5.69 Å². The number of nitrogens with zero attached hydrogens (tertiary/aromatic N) is 1. The topological polar surface area (TPSA) is 24.9 Å². The molecular weight excluding hydrogens is 216 g/mol. The van der Waals surface area contributed by atoms with Crippen molar-refractivity contribution in [1.29, 1.82) is 0 Å². The number of hydrogen-bond donors (Lipinski definition) is 1. The molecule has 1 aliphatic rings. The van der Waals surface area contributed by atoms with Crippen molar-refractivity contribution in [3.05, 3.63) is 40.9 Å². The van der Waals surface area contributed by atoms with E-state index in [2.05, 4.69) is 22.4 Å². The van der Waals surface area contributed by atoms with Crippen molar-refractivity contribution in [1.82, 2.24) is 4.98 Å². The quantitative estimate of drug-likeness (QED) is 0.849. The molecule has 1 aromatic heterocycles. The van der Waals surface area contributed by atoms with E-state index in [1.807, 2.05) is 29.5 Å². The molecular formula is C13H14N2S. The molecule has 1 heterocycles. The van der Waals surface area contributed by atoms with Crippen LogP contribution in [0.4, 0.5) is 10.8 Å². The zero-order valence-corrected chi connectivity index (χ0v) is 9.89. The average molecular weight is 230 g/mol. The maximum atomic E-state index is 4.65. The summed E-state index contributed by atoms with van der Waals surface area (Å²) in [5, 5.41) is 4.41. The Morgan fingerprint density at radius 1 is 1.06 bits per heavy atom. The number of hydrogen-bond acceptors (Lipinski definition) is 3. The first-order chi connectivity index (χ1) is 7.92. The summed E-state index contributed by atoms with van der Waals surface area (Å²) in [6.07, 6.45) is 4.98. The number of aromatic nitrogens is 1. The van der Waals surface area contributed by atoms with Gasteiger partial charge in [-0.3, -0.25) is 0 Å². The summed E-state index contributed by atoms with van der Waals surface area (Å²) < 4.78 is 0. The van der Waals surface area contributed by atoms with Gasteiger partial charge >= 0.3 is 0 Å². The second-order valence-electron chi connectivity index (χ2n) is 4.09. The zero-order chi connectivity index (χ0) is 10.8. The van der Waals surface area contributed by atoms with Crippen LogP contribution in [-0.2, 0) is 12.8 Å². The molecule has 0 spiro atoms. The second kappa shape index (κ2) is 4.26. The van der Waals surface area contributed by atoms with Gasteiger partial charge in [-0.2, -0.15) is 0 Å². The zero-order valence-electron chi connectivity index (χ0n) is 9.07. The lowest BCUT2D eigenvalue weighted by Gasteiger charge is -2.06. The van der Waals surface area contributed by atoms with Crippen LogP contribution in [0.3, 0.4) is 0 Å². The Morgan fingerprint density at radius 2 is 1.88 bits per heavy atom. The van der Waals surface area contributed by atoms with Gasteiger partial charge in [0, 0.05) is 10.6 Å². The fourth-order valence-corrected chi connectivity index (χ4v) is 3.12. The molecule has 0 fully saturated rings. The number of thiazole rings is 1. The third kappa shape index (κ3) is 1.95. The number of benzene rings is 1. The van der Waals surface area contributed by atoms with Crippen molar-refractivity contribution in [3.8, 4) is 0 Å². The van der Waals surface area contributed by atoms with Gasteiger partial charge in [-0.15, -0.1) is 11.3 Å². The van der Waals surface area contributed by atoms with Gasteiger partial charge in [0.2, 0.25) is 0 Å². The summed E-state index contributed by atoms with van der Waals surface area (Å²) >= 11 is 1.81. The van der Waals surface area contributed by atoms with Gasteiger partial charge in [-0.25, -0.2) is 4.98 Å². The Hall–Kier alpha value is -1.35. The van der Waals surface area contributed by atoms with Gasteiger partial charge in [0.15, 0.2) is 5.13 Å². The number of aryl methyl sites for hydroxylation is 2. The lowest BCUT2D eigenvalue weighted by Crippen LogP contribution is -1.99. The third-order valence-electron chi connectivity index (χ3n) is 2.87. The monoisotopic (exact) mass is 230 g/mol. The van der Waals surface area contributed by atoms with Gasteiger partial charge in [-0.05, 0) is 37.8 Å². The standard InChI is InChI=1S/C13H14N2S/c1-2-6-10(7-3-1)14-13-15-11-8-4-5-9-12(11)16-13/h1-3,6-7H,4-5,8-9H2,(H,14,15). The number of para-hydroxylation sites is 1. The van der Waals surface area contributed by atoms with E-state index in [1.54, 1.807) is 0 Å². The molecule has 0 unspecified atom stereocenters. The predicted molar refractivity (Wildman–Crippen MR) is 68.5 cm³/mol. The first-order valence-corrected chi connectivity index (χ1v) is 6.54. The molecule has 1 N–H and O–H groups in total. The molecule has 1 aromatic carbocycles. The van der Waals surface area contributed by atoms with Crippen LogP contribution < -0.4 is 5.32 Å². The maximum Gasteiger partial charge on any atom is 0.187 e. The summed E-state index contributed by atoms with van der Waals surface area (Å²) in [5.41, 5.74) is 2.43. The minimum atomic E-state index is 1.04. The highest BCUT2D eigenvalue weighted by Crippen LogP contribution is 2.31. The highest BCUT2D eigenvalue weighted by atomic mass is 32.1. The SMILES string of the molecule is c1ccc(Nc2nc3c(s2)CCCC3)cc1. The van der Waals surface area contributed by atoms with Crippen molar-refractivity contribution in [2.45, 2.75) is 25.7 Å². The van der Waals surface area contributed by atoms with E-state index in [1.165, 1.54) is 29.8 Å². The van der Waals surface area contributed by atoms with Gasteiger partial charge in [0.25, 0.3) is 0 Å². The smallest absolute Gasteiger partial charge is 0.187 e. The van der Waals surface area contributed by atoms with Crippen LogP contribution >= 0.6 is 11.3 Å². The molecule has 3 heteroatoms. The Kier molecular flexibility index (Phi) is 2.62. The number of fused-ring (bicyclic) bond motifs is 1. The van der Waals surface area contributed by atoms with E-state index >= 15 is 0 Å².